The van der Waals surface area contributed by atoms with Gasteiger partial charge in [0.05, 0.1) is 10.5 Å². The van der Waals surface area contributed by atoms with Crippen LogP contribution in [0.5, 0.6) is 5.75 Å². The van der Waals surface area contributed by atoms with Crippen molar-refractivity contribution in [2.75, 3.05) is 0 Å². The van der Waals surface area contributed by atoms with Crippen molar-refractivity contribution < 1.29 is 22.7 Å². The first-order chi connectivity index (χ1) is 12.9. The molecule has 0 fully saturated rings. The van der Waals surface area contributed by atoms with Crippen LogP contribution < -0.4 is 9.88 Å². The van der Waals surface area contributed by atoms with E-state index < -0.39 is 20.7 Å². The maximum atomic E-state index is 13.0. The number of thiophene rings is 1. The Hall–Kier alpha value is -2.81. The Balaban J connectivity index is 2.17. The van der Waals surface area contributed by atoms with Gasteiger partial charge in [-0.2, -0.15) is 11.3 Å². The van der Waals surface area contributed by atoms with Crippen LogP contribution in [0.4, 0.5) is 0 Å². The van der Waals surface area contributed by atoms with Crippen molar-refractivity contribution in [2.24, 2.45) is 5.14 Å². The van der Waals surface area contributed by atoms with Gasteiger partial charge in [-0.25, -0.2) is 13.6 Å². The zero-order chi connectivity index (χ0) is 19.4. The summed E-state index contributed by atoms with van der Waals surface area (Å²) in [6.07, 6.45) is 1.62. The molecule has 1 radical (unpaired) electrons. The fourth-order valence-electron chi connectivity index (χ4n) is 2.48. The molecular formula is C19H14NO5S2. The van der Waals surface area contributed by atoms with Crippen LogP contribution in [0.15, 0.2) is 64.2 Å². The highest BCUT2D eigenvalue weighted by Gasteiger charge is 2.26. The Kier molecular flexibility index (Phi) is 5.50. The predicted octanol–water partition coefficient (Wildman–Crippen LogP) is 2.66. The van der Waals surface area contributed by atoms with Gasteiger partial charge in [-0.05, 0) is 34.5 Å². The van der Waals surface area contributed by atoms with Gasteiger partial charge in [0, 0.05) is 11.1 Å². The summed E-state index contributed by atoms with van der Waals surface area (Å²) >= 11 is 1.47. The molecule has 8 heteroatoms. The summed E-state index contributed by atoms with van der Waals surface area (Å²) in [6, 6.07) is 12.3. The molecule has 27 heavy (non-hydrogen) atoms. The smallest absolute Gasteiger partial charge is 0.238 e. The fraction of sp³-hybridized carbons (Fsp3) is 0.0526. The van der Waals surface area contributed by atoms with Crippen LogP contribution >= 0.6 is 11.3 Å². The van der Waals surface area contributed by atoms with Gasteiger partial charge < -0.3 is 4.74 Å². The number of ketones is 1. The summed E-state index contributed by atoms with van der Waals surface area (Å²) in [4.78, 5) is 23.6. The molecule has 0 atom stereocenters. The van der Waals surface area contributed by atoms with E-state index in [0.717, 1.165) is 11.6 Å². The molecule has 1 aromatic heterocycles. The van der Waals surface area contributed by atoms with Crippen LogP contribution in [0, 0.1) is 0 Å². The first-order valence-corrected chi connectivity index (χ1v) is 10.2. The van der Waals surface area contributed by atoms with Crippen LogP contribution in [-0.4, -0.2) is 20.5 Å². The van der Waals surface area contributed by atoms with Gasteiger partial charge in [-0.3, -0.25) is 9.59 Å². The third-order valence-electron chi connectivity index (χ3n) is 3.73. The molecule has 6 nitrogen and oxygen atoms in total. The first-order valence-electron chi connectivity index (χ1n) is 7.73. The number of carbonyl (C=O) groups is 1. The summed E-state index contributed by atoms with van der Waals surface area (Å²) < 4.78 is 29.9. The second-order valence-corrected chi connectivity index (χ2v) is 7.92. The Morgan fingerprint density at radius 3 is 2.48 bits per heavy atom. The Bertz CT molecular complexity index is 1070. The standard InChI is InChI=1S/C19H14NO5S2/c20-27(23,24)17-9-14(10-21)8-16(25-11-13-6-7-26-12-13)18(17)19(22)15-4-2-1-3-5-15/h1-9,12H,11H2,(H2,20,23,24). The summed E-state index contributed by atoms with van der Waals surface area (Å²) in [5.74, 6) is -0.614. The van der Waals surface area contributed by atoms with Gasteiger partial charge in [0.25, 0.3) is 0 Å². The zero-order valence-electron chi connectivity index (χ0n) is 13.9. The van der Waals surface area contributed by atoms with Crippen LogP contribution in [0.3, 0.4) is 0 Å². The van der Waals surface area contributed by atoms with Crippen molar-refractivity contribution in [1.82, 2.24) is 0 Å². The topological polar surface area (TPSA) is 104 Å². The van der Waals surface area contributed by atoms with Crippen LogP contribution in [0.1, 0.15) is 27.0 Å². The molecule has 0 saturated carbocycles. The van der Waals surface area contributed by atoms with Crippen molar-refractivity contribution in [1.29, 1.82) is 0 Å². The lowest BCUT2D eigenvalue weighted by Gasteiger charge is -2.15. The number of benzene rings is 2. The lowest BCUT2D eigenvalue weighted by atomic mass is 10.0. The molecule has 3 aromatic rings. The van der Waals surface area contributed by atoms with Crippen molar-refractivity contribution >= 4 is 33.4 Å². The van der Waals surface area contributed by atoms with Gasteiger partial charge in [-0.1, -0.05) is 30.3 Å². The number of primary sulfonamides is 1. The molecule has 3 rings (SSSR count). The molecule has 0 saturated heterocycles. The van der Waals surface area contributed by atoms with Gasteiger partial charge >= 0.3 is 0 Å². The van der Waals surface area contributed by atoms with Crippen LogP contribution in [0.25, 0.3) is 0 Å². The average Bonchev–Trinajstić information content (AvgIpc) is 3.18. The summed E-state index contributed by atoms with van der Waals surface area (Å²) in [7, 11) is -4.29. The molecule has 1 heterocycles. The second kappa shape index (κ2) is 7.83. The Morgan fingerprint density at radius 2 is 1.89 bits per heavy atom. The maximum absolute atomic E-state index is 13.0. The minimum absolute atomic E-state index is 0.0417. The van der Waals surface area contributed by atoms with Crippen LogP contribution in [-0.2, 0) is 21.4 Å². The van der Waals surface area contributed by atoms with Crippen molar-refractivity contribution in [2.45, 2.75) is 11.5 Å². The van der Waals surface area contributed by atoms with E-state index >= 15 is 0 Å². The number of rotatable bonds is 7. The van der Waals surface area contributed by atoms with E-state index in [0.29, 0.717) is 0 Å². The molecule has 0 bridgehead atoms. The number of sulfonamides is 1. The third-order valence-corrected chi connectivity index (χ3v) is 5.39. The normalized spacial score (nSPS) is 11.1. The quantitative estimate of drug-likeness (QED) is 0.614. The van der Waals surface area contributed by atoms with E-state index in [1.807, 2.05) is 16.8 Å². The van der Waals surface area contributed by atoms with E-state index in [2.05, 4.69) is 0 Å². The van der Waals surface area contributed by atoms with Gasteiger partial charge in [-0.15, -0.1) is 0 Å². The van der Waals surface area contributed by atoms with E-state index in [9.17, 15) is 18.0 Å². The van der Waals surface area contributed by atoms with Crippen molar-refractivity contribution in [3.63, 3.8) is 0 Å². The zero-order valence-corrected chi connectivity index (χ0v) is 15.5. The average molecular weight is 400 g/mol. The maximum Gasteiger partial charge on any atom is 0.238 e. The summed E-state index contributed by atoms with van der Waals surface area (Å²) in [5.41, 5.74) is 0.822. The summed E-state index contributed by atoms with van der Waals surface area (Å²) in [6.45, 7) is 0.102. The Morgan fingerprint density at radius 1 is 1.15 bits per heavy atom. The van der Waals surface area contributed by atoms with Gasteiger partial charge in [0.2, 0.25) is 16.3 Å². The SMILES string of the molecule is NS(=O)(=O)c1cc([C]=O)cc(OCc2ccsc2)c1C(=O)c1ccccc1. The van der Waals surface area contributed by atoms with E-state index in [4.69, 9.17) is 9.88 Å². The first kappa shape index (κ1) is 19.0. The minimum atomic E-state index is -4.29. The molecule has 0 aliphatic heterocycles. The molecule has 0 aliphatic carbocycles. The number of carbonyl (C=O) groups excluding carboxylic acids is 2. The molecule has 0 amide bonds. The minimum Gasteiger partial charge on any atom is -0.488 e. The molecule has 2 aromatic carbocycles. The van der Waals surface area contributed by atoms with Crippen molar-refractivity contribution in [3.05, 3.63) is 81.5 Å². The molecule has 2 N–H and O–H groups in total. The molecular weight excluding hydrogens is 386 g/mol. The number of hydrogen-bond acceptors (Lipinski definition) is 6. The molecule has 137 valence electrons. The van der Waals surface area contributed by atoms with E-state index in [1.165, 1.54) is 17.4 Å². The van der Waals surface area contributed by atoms with E-state index in [1.54, 1.807) is 36.6 Å². The molecule has 0 aliphatic rings. The third kappa shape index (κ3) is 4.30. The highest BCUT2D eigenvalue weighted by molar-refractivity contribution is 7.89. The predicted molar refractivity (Wildman–Crippen MR) is 101 cm³/mol. The largest absolute Gasteiger partial charge is 0.488 e. The van der Waals surface area contributed by atoms with E-state index in [-0.39, 0.29) is 29.0 Å². The fourth-order valence-corrected chi connectivity index (χ4v) is 3.90. The highest BCUT2D eigenvalue weighted by atomic mass is 32.2. The van der Waals surface area contributed by atoms with Crippen molar-refractivity contribution in [3.8, 4) is 5.75 Å². The lowest BCUT2D eigenvalue weighted by Crippen LogP contribution is -2.19. The highest BCUT2D eigenvalue weighted by Crippen LogP contribution is 2.30. The van der Waals surface area contributed by atoms with Crippen LogP contribution in [0.2, 0.25) is 0 Å². The molecule has 0 spiro atoms. The number of nitrogens with two attached hydrogens (primary N) is 1. The molecule has 0 unspecified atom stereocenters. The Labute approximate surface area is 160 Å². The monoisotopic (exact) mass is 400 g/mol. The van der Waals surface area contributed by atoms with Gasteiger partial charge in [0.1, 0.15) is 12.4 Å². The summed E-state index contributed by atoms with van der Waals surface area (Å²) in [5, 5.41) is 9.01. The number of hydrogen-bond donors (Lipinski definition) is 1. The number of ether oxygens (including phenoxy) is 1. The lowest BCUT2D eigenvalue weighted by molar-refractivity contribution is 0.103. The van der Waals surface area contributed by atoms with Gasteiger partial charge in [0.15, 0.2) is 5.78 Å². The second-order valence-electron chi connectivity index (χ2n) is 5.61.